The lowest BCUT2D eigenvalue weighted by Crippen LogP contribution is -2.31. The van der Waals surface area contributed by atoms with Crippen molar-refractivity contribution < 1.29 is 9.30 Å². The highest BCUT2D eigenvalue weighted by atomic mass is 16.5. The molecule has 0 radical (unpaired) electrons. The molecule has 0 fully saturated rings. The summed E-state index contributed by atoms with van der Waals surface area (Å²) in [5.74, 6) is 2.76. The number of hydrogen-bond donors (Lipinski definition) is 0. The van der Waals surface area contributed by atoms with Crippen molar-refractivity contribution in [2.45, 2.75) is 38.0 Å². The second-order valence-electron chi connectivity index (χ2n) is 22.1. The molecular formula is C72H51N4O+. The van der Waals surface area contributed by atoms with Gasteiger partial charge in [-0.25, -0.2) is 4.98 Å². The SMILES string of the molecule is CC(C)(C)c1ccnc(-n2c3ccccc3c3ccc(Oc4cccc(-n5c[n+]6c7c(cccc75)-c5ccccc5-c5ccccc5-c5cccc(-c7ccc8c(c7)C7c9ccccc9C8c8ccccc87)c5-6)c4)cc32)c1. The molecule has 0 saturated carbocycles. The van der Waals surface area contributed by atoms with Gasteiger partial charge in [0, 0.05) is 57.6 Å². The first-order valence-electron chi connectivity index (χ1n) is 26.8. The van der Waals surface area contributed by atoms with Crippen LogP contribution >= 0.6 is 0 Å². The first kappa shape index (κ1) is 43.8. The van der Waals surface area contributed by atoms with Crippen LogP contribution in [-0.2, 0) is 5.41 Å². The van der Waals surface area contributed by atoms with Crippen molar-refractivity contribution in [3.05, 3.63) is 282 Å². The van der Waals surface area contributed by atoms with Gasteiger partial charge >= 0.3 is 0 Å². The summed E-state index contributed by atoms with van der Waals surface area (Å²) >= 11 is 0. The van der Waals surface area contributed by atoms with Gasteiger partial charge in [-0.15, -0.1) is 0 Å². The lowest BCUT2D eigenvalue weighted by atomic mass is 9.61. The lowest BCUT2D eigenvalue weighted by Gasteiger charge is -2.42. The standard InChI is InChI=1S/C72H51N4O/c1-72(2,3)45-37-38-73-67(40-45)76-64-31-13-12-23-54(64)55-36-34-48(42-66(55)76)77-47-18-14-17-46(41-47)74-43-75-70-49(44-33-35-60-63(39-44)69-58-26-10-8-24-56(58)68(60)57-25-9-11-27-59(57)69)28-15-29-61(70)52-21-6-4-19-50(52)51-20-5-7-22-53(51)62-30-16-32-65(74)71(62)75/h4-43,68-69H,1-3H3/q+1. The van der Waals surface area contributed by atoms with E-state index in [1.165, 1.54) is 88.8 Å². The molecule has 0 saturated heterocycles. The number of hydrogen-bond acceptors (Lipinski definition) is 2. The maximum absolute atomic E-state index is 6.93. The molecule has 3 aliphatic carbocycles. The quantitative estimate of drug-likeness (QED) is 0.161. The summed E-state index contributed by atoms with van der Waals surface area (Å²) in [6, 6.07) is 85.0. The van der Waals surface area contributed by atoms with Crippen LogP contribution in [0, 0.1) is 0 Å². The molecule has 0 spiro atoms. The summed E-state index contributed by atoms with van der Waals surface area (Å²) in [5, 5.41) is 2.33. The molecule has 0 N–H and O–H groups in total. The predicted octanol–water partition coefficient (Wildman–Crippen LogP) is 17.5. The third-order valence-corrected chi connectivity index (χ3v) is 16.8. The average molecular weight is 988 g/mol. The predicted molar refractivity (Wildman–Crippen MR) is 312 cm³/mol. The van der Waals surface area contributed by atoms with Gasteiger partial charge in [0.25, 0.3) is 6.33 Å². The fourth-order valence-electron chi connectivity index (χ4n) is 13.4. The number of pyridine rings is 1. The highest BCUT2D eigenvalue weighted by Gasteiger charge is 2.41. The van der Waals surface area contributed by atoms with Gasteiger partial charge in [-0.3, -0.25) is 4.57 Å². The van der Waals surface area contributed by atoms with E-state index in [-0.39, 0.29) is 17.3 Å². The van der Waals surface area contributed by atoms with Gasteiger partial charge in [0.15, 0.2) is 11.0 Å². The largest absolute Gasteiger partial charge is 0.457 e. The van der Waals surface area contributed by atoms with Gasteiger partial charge in [0.2, 0.25) is 0 Å². The van der Waals surface area contributed by atoms with Gasteiger partial charge in [-0.2, -0.15) is 9.13 Å². The minimum atomic E-state index is -0.0258. The first-order valence-corrected chi connectivity index (χ1v) is 26.8. The Kier molecular flexibility index (Phi) is 9.36. The van der Waals surface area contributed by atoms with Crippen LogP contribution in [0.4, 0.5) is 0 Å². The number of aromatic nitrogens is 4. The number of benzene rings is 10. The lowest BCUT2D eigenvalue weighted by molar-refractivity contribution is -0.566. The van der Waals surface area contributed by atoms with Crippen LogP contribution in [0.5, 0.6) is 11.5 Å². The maximum atomic E-state index is 6.93. The Hall–Kier alpha value is -9.58. The zero-order valence-electron chi connectivity index (χ0n) is 42.9. The van der Waals surface area contributed by atoms with E-state index in [1.807, 2.05) is 6.20 Å². The molecule has 4 heterocycles. The topological polar surface area (TPSA) is 35.9 Å². The van der Waals surface area contributed by atoms with Crippen molar-refractivity contribution in [1.82, 2.24) is 14.1 Å². The average Bonchev–Trinajstić information content (AvgIpc) is 4.15. The Bertz CT molecular complexity index is 4570. The number of imidazole rings is 1. The number of para-hydroxylation sites is 3. The zero-order valence-corrected chi connectivity index (χ0v) is 42.9. The number of rotatable bonds is 5. The van der Waals surface area contributed by atoms with E-state index in [0.29, 0.717) is 0 Å². The molecule has 364 valence electrons. The summed E-state index contributed by atoms with van der Waals surface area (Å²) in [6.07, 6.45) is 4.24. The Morgan fingerprint density at radius 3 is 1.73 bits per heavy atom. The van der Waals surface area contributed by atoms with Crippen LogP contribution in [0.15, 0.2) is 243 Å². The number of ether oxygens (including phenoxy) is 1. The molecule has 10 aromatic carbocycles. The van der Waals surface area contributed by atoms with Crippen molar-refractivity contribution in [2.24, 2.45) is 0 Å². The third-order valence-electron chi connectivity index (χ3n) is 16.8. The van der Waals surface area contributed by atoms with Crippen molar-refractivity contribution in [3.63, 3.8) is 0 Å². The van der Waals surface area contributed by atoms with Gasteiger partial charge in [0.05, 0.1) is 11.0 Å². The molecule has 13 aromatic rings. The van der Waals surface area contributed by atoms with Crippen LogP contribution in [-0.4, -0.2) is 14.1 Å². The highest BCUT2D eigenvalue weighted by Crippen LogP contribution is 2.56. The summed E-state index contributed by atoms with van der Waals surface area (Å²) in [4.78, 5) is 4.93. The maximum Gasteiger partial charge on any atom is 0.255 e. The van der Waals surface area contributed by atoms with Crippen molar-refractivity contribution in [1.29, 1.82) is 0 Å². The van der Waals surface area contributed by atoms with Gasteiger partial charge in [-0.05, 0) is 133 Å². The smallest absolute Gasteiger partial charge is 0.255 e. The fourth-order valence-corrected chi connectivity index (χ4v) is 13.4. The minimum absolute atomic E-state index is 0.0258. The Morgan fingerprint density at radius 1 is 0.429 bits per heavy atom. The highest BCUT2D eigenvalue weighted by molar-refractivity contribution is 6.09. The normalized spacial score (nSPS) is 14.7. The van der Waals surface area contributed by atoms with Crippen molar-refractivity contribution in [2.75, 3.05) is 0 Å². The molecule has 77 heavy (non-hydrogen) atoms. The Balaban J connectivity index is 0.876. The molecule has 0 atom stereocenters. The van der Waals surface area contributed by atoms with E-state index in [4.69, 9.17) is 9.72 Å². The van der Waals surface area contributed by atoms with Crippen LogP contribution in [0.3, 0.4) is 0 Å². The molecule has 5 nitrogen and oxygen atoms in total. The van der Waals surface area contributed by atoms with E-state index in [9.17, 15) is 0 Å². The van der Waals surface area contributed by atoms with Gasteiger partial charge in [-0.1, -0.05) is 178 Å². The fraction of sp³-hybridized carbons (Fsp3) is 0.0833. The molecule has 17 rings (SSSR count). The monoisotopic (exact) mass is 987 g/mol. The van der Waals surface area contributed by atoms with Gasteiger partial charge < -0.3 is 4.74 Å². The number of fused-ring (bicyclic) bond motifs is 10. The van der Waals surface area contributed by atoms with Crippen LogP contribution < -0.4 is 9.30 Å². The minimum Gasteiger partial charge on any atom is -0.457 e. The number of nitrogens with zero attached hydrogens (tertiary/aromatic N) is 4. The van der Waals surface area contributed by atoms with Crippen LogP contribution in [0.1, 0.15) is 71.6 Å². The third kappa shape index (κ3) is 6.53. The van der Waals surface area contributed by atoms with E-state index in [2.05, 4.69) is 271 Å². The summed E-state index contributed by atoms with van der Waals surface area (Å²) in [5.41, 5.74) is 25.8. The van der Waals surface area contributed by atoms with E-state index >= 15 is 0 Å². The van der Waals surface area contributed by atoms with E-state index < -0.39 is 0 Å². The second-order valence-corrected chi connectivity index (χ2v) is 22.1. The molecule has 4 aliphatic rings. The molecule has 0 amide bonds. The van der Waals surface area contributed by atoms with Crippen LogP contribution in [0.2, 0.25) is 0 Å². The van der Waals surface area contributed by atoms with E-state index in [1.54, 1.807) is 0 Å². The molecular weight excluding hydrogens is 937 g/mol. The van der Waals surface area contributed by atoms with Crippen molar-refractivity contribution in [3.8, 4) is 73.2 Å². The molecule has 5 heteroatoms. The summed E-state index contributed by atoms with van der Waals surface area (Å²) < 4.78 is 14.0. The Labute approximate surface area is 447 Å². The first-order chi connectivity index (χ1) is 37.8. The van der Waals surface area contributed by atoms with E-state index in [0.717, 1.165) is 56.1 Å². The van der Waals surface area contributed by atoms with Crippen molar-refractivity contribution >= 4 is 32.8 Å². The molecule has 0 unspecified atom stereocenters. The molecule has 2 bridgehead atoms. The second kappa shape index (κ2) is 16.5. The molecule has 1 aliphatic heterocycles. The zero-order chi connectivity index (χ0) is 51.1. The molecule has 3 aromatic heterocycles. The summed E-state index contributed by atoms with van der Waals surface area (Å²) in [7, 11) is 0. The summed E-state index contributed by atoms with van der Waals surface area (Å²) in [6.45, 7) is 6.74. The van der Waals surface area contributed by atoms with Crippen LogP contribution in [0.25, 0.3) is 94.5 Å². The Morgan fingerprint density at radius 2 is 0.987 bits per heavy atom. The van der Waals surface area contributed by atoms with Gasteiger partial charge in [0.1, 0.15) is 28.7 Å².